The highest BCUT2D eigenvalue weighted by atomic mass is 15.1. The monoisotopic (exact) mass is 218 g/mol. The largest absolute Gasteiger partial charge is 0.330 e. The molecule has 2 N–H and O–H groups in total. The van der Waals surface area contributed by atoms with Gasteiger partial charge in [0.05, 0.1) is 6.33 Å². The molecule has 0 bridgehead atoms. The average molecular weight is 218 g/mol. The van der Waals surface area contributed by atoms with Gasteiger partial charge in [-0.2, -0.15) is 0 Å². The Morgan fingerprint density at radius 2 is 2.06 bits per heavy atom. The molecular weight excluding hydrogens is 200 g/mol. The van der Waals surface area contributed by atoms with Crippen molar-refractivity contribution in [2.24, 2.45) is 5.73 Å². The van der Waals surface area contributed by atoms with Crippen LogP contribution in [0.5, 0.6) is 0 Å². The molecule has 4 heteroatoms. The fourth-order valence-electron chi connectivity index (χ4n) is 1.72. The molecule has 1 atom stereocenters. The second-order valence-corrected chi connectivity index (χ2v) is 4.49. The molecule has 2 aromatic heterocycles. The van der Waals surface area contributed by atoms with E-state index in [9.17, 15) is 0 Å². The van der Waals surface area contributed by atoms with Crippen molar-refractivity contribution < 1.29 is 0 Å². The highest BCUT2D eigenvalue weighted by Crippen LogP contribution is 2.20. The fourth-order valence-corrected chi connectivity index (χ4v) is 1.72. The first kappa shape index (κ1) is 11.1. The van der Waals surface area contributed by atoms with Crippen molar-refractivity contribution >= 4 is 11.2 Å². The highest BCUT2D eigenvalue weighted by Gasteiger charge is 2.10. The molecule has 0 fully saturated rings. The van der Waals surface area contributed by atoms with Gasteiger partial charge in [-0.15, -0.1) is 0 Å². The van der Waals surface area contributed by atoms with E-state index in [1.807, 2.05) is 12.5 Å². The zero-order valence-corrected chi connectivity index (χ0v) is 10.0. The number of pyridine rings is 1. The Kier molecular flexibility index (Phi) is 2.92. The molecule has 0 saturated heterocycles. The number of aromatic nitrogens is 3. The van der Waals surface area contributed by atoms with Gasteiger partial charge in [0.1, 0.15) is 5.52 Å². The van der Waals surface area contributed by atoms with E-state index in [0.717, 1.165) is 16.7 Å². The molecule has 0 saturated carbocycles. The summed E-state index contributed by atoms with van der Waals surface area (Å²) in [4.78, 5) is 8.85. The summed E-state index contributed by atoms with van der Waals surface area (Å²) in [7, 11) is 0. The zero-order chi connectivity index (χ0) is 11.7. The van der Waals surface area contributed by atoms with Crippen LogP contribution in [0.3, 0.4) is 0 Å². The first-order valence-corrected chi connectivity index (χ1v) is 5.66. The maximum atomic E-state index is 5.65. The predicted molar refractivity (Wildman–Crippen MR) is 65.4 cm³/mol. The fraction of sp³-hybridized carbons (Fsp3) is 0.500. The molecule has 0 aliphatic rings. The molecule has 86 valence electrons. The maximum Gasteiger partial charge on any atom is 0.160 e. The Balaban J connectivity index is 2.49. The summed E-state index contributed by atoms with van der Waals surface area (Å²) in [5.41, 5.74) is 8.70. The number of fused-ring (bicyclic) bond motifs is 1. The van der Waals surface area contributed by atoms with Crippen molar-refractivity contribution in [1.29, 1.82) is 0 Å². The number of nitrogens with two attached hydrogens (primary N) is 1. The summed E-state index contributed by atoms with van der Waals surface area (Å²) in [6.07, 6.45) is 3.75. The lowest BCUT2D eigenvalue weighted by Crippen LogP contribution is -2.09. The molecular formula is C12H18N4. The third kappa shape index (κ3) is 1.80. The predicted octanol–water partition coefficient (Wildman–Crippen LogP) is 2.07. The second kappa shape index (κ2) is 4.22. The van der Waals surface area contributed by atoms with Crippen LogP contribution < -0.4 is 5.73 Å². The lowest BCUT2D eigenvalue weighted by molar-refractivity contribution is 0.612. The van der Waals surface area contributed by atoms with E-state index in [0.29, 0.717) is 18.5 Å². The van der Waals surface area contributed by atoms with E-state index in [1.165, 1.54) is 0 Å². The van der Waals surface area contributed by atoms with Gasteiger partial charge in [0, 0.05) is 12.2 Å². The molecule has 2 heterocycles. The number of hydrogen-bond donors (Lipinski definition) is 1. The van der Waals surface area contributed by atoms with Gasteiger partial charge in [0.2, 0.25) is 0 Å². The maximum absolute atomic E-state index is 5.65. The van der Waals surface area contributed by atoms with Crippen molar-refractivity contribution in [3.05, 3.63) is 24.2 Å². The van der Waals surface area contributed by atoms with Crippen LogP contribution in [0.25, 0.3) is 11.2 Å². The summed E-state index contributed by atoms with van der Waals surface area (Å²) in [6.45, 7) is 6.98. The molecule has 2 rings (SSSR count). The molecule has 0 aliphatic heterocycles. The number of rotatable bonds is 3. The van der Waals surface area contributed by atoms with E-state index in [4.69, 9.17) is 5.73 Å². The Hall–Kier alpha value is -1.42. The Labute approximate surface area is 95.5 Å². The molecule has 16 heavy (non-hydrogen) atoms. The van der Waals surface area contributed by atoms with Crippen LogP contribution in [-0.4, -0.2) is 21.1 Å². The molecule has 2 aromatic rings. The SMILES string of the molecule is CC(CN)c1cnc2c(c1)ncn2C(C)C. The van der Waals surface area contributed by atoms with Crippen molar-refractivity contribution in [2.45, 2.75) is 32.7 Å². The molecule has 4 nitrogen and oxygen atoms in total. The third-order valence-corrected chi connectivity index (χ3v) is 2.91. The molecule has 0 aliphatic carbocycles. The Bertz CT molecular complexity index is 487. The number of nitrogens with zero attached hydrogens (tertiary/aromatic N) is 3. The first-order valence-electron chi connectivity index (χ1n) is 5.66. The standard InChI is InChI=1S/C12H18N4/c1-8(2)16-7-15-11-4-10(9(3)5-13)6-14-12(11)16/h4,6-9H,5,13H2,1-3H3. The van der Waals surface area contributed by atoms with E-state index in [-0.39, 0.29) is 0 Å². The number of imidazole rings is 1. The summed E-state index contributed by atoms with van der Waals surface area (Å²) in [6, 6.07) is 2.47. The van der Waals surface area contributed by atoms with Crippen LogP contribution in [0.1, 0.15) is 38.3 Å². The zero-order valence-electron chi connectivity index (χ0n) is 10.0. The Morgan fingerprint density at radius 3 is 2.69 bits per heavy atom. The third-order valence-electron chi connectivity index (χ3n) is 2.91. The van der Waals surface area contributed by atoms with Gasteiger partial charge >= 0.3 is 0 Å². The summed E-state index contributed by atoms with van der Waals surface area (Å²) in [5, 5.41) is 0. The topological polar surface area (TPSA) is 56.7 Å². The minimum Gasteiger partial charge on any atom is -0.330 e. The highest BCUT2D eigenvalue weighted by molar-refractivity contribution is 5.71. The van der Waals surface area contributed by atoms with Gasteiger partial charge in [-0.3, -0.25) is 0 Å². The Morgan fingerprint density at radius 1 is 1.31 bits per heavy atom. The van der Waals surface area contributed by atoms with Crippen LogP contribution in [0, 0.1) is 0 Å². The van der Waals surface area contributed by atoms with Crippen LogP contribution >= 0.6 is 0 Å². The molecule has 0 spiro atoms. The minimum atomic E-state index is 0.334. The van der Waals surface area contributed by atoms with Gasteiger partial charge in [-0.05, 0) is 37.9 Å². The van der Waals surface area contributed by atoms with Crippen LogP contribution in [-0.2, 0) is 0 Å². The normalized spacial score (nSPS) is 13.6. The van der Waals surface area contributed by atoms with Gasteiger partial charge in [0.15, 0.2) is 5.65 Å². The molecule has 0 radical (unpaired) electrons. The number of hydrogen-bond acceptors (Lipinski definition) is 3. The van der Waals surface area contributed by atoms with E-state index in [1.54, 1.807) is 0 Å². The van der Waals surface area contributed by atoms with Crippen molar-refractivity contribution in [2.75, 3.05) is 6.54 Å². The quantitative estimate of drug-likeness (QED) is 0.858. The van der Waals surface area contributed by atoms with E-state index in [2.05, 4.69) is 41.4 Å². The van der Waals surface area contributed by atoms with Crippen LogP contribution in [0.2, 0.25) is 0 Å². The van der Waals surface area contributed by atoms with Gasteiger partial charge in [-0.25, -0.2) is 9.97 Å². The minimum absolute atomic E-state index is 0.334. The van der Waals surface area contributed by atoms with Crippen LogP contribution in [0.4, 0.5) is 0 Å². The lowest BCUT2D eigenvalue weighted by Gasteiger charge is -2.09. The molecule has 0 amide bonds. The smallest absolute Gasteiger partial charge is 0.160 e. The summed E-state index contributed by atoms with van der Waals surface area (Å²) in [5.74, 6) is 0.334. The second-order valence-electron chi connectivity index (χ2n) is 4.49. The lowest BCUT2D eigenvalue weighted by atomic mass is 10.0. The molecule has 0 aromatic carbocycles. The first-order chi connectivity index (χ1) is 7.63. The average Bonchev–Trinajstić information content (AvgIpc) is 2.70. The van der Waals surface area contributed by atoms with Gasteiger partial charge in [0.25, 0.3) is 0 Å². The van der Waals surface area contributed by atoms with E-state index < -0.39 is 0 Å². The summed E-state index contributed by atoms with van der Waals surface area (Å²) >= 11 is 0. The van der Waals surface area contributed by atoms with Crippen molar-refractivity contribution in [1.82, 2.24) is 14.5 Å². The van der Waals surface area contributed by atoms with Crippen molar-refractivity contribution in [3.63, 3.8) is 0 Å². The van der Waals surface area contributed by atoms with Crippen LogP contribution in [0.15, 0.2) is 18.6 Å². The van der Waals surface area contributed by atoms with Gasteiger partial charge in [-0.1, -0.05) is 6.92 Å². The van der Waals surface area contributed by atoms with E-state index >= 15 is 0 Å². The summed E-state index contributed by atoms with van der Waals surface area (Å²) < 4.78 is 2.08. The molecule has 1 unspecified atom stereocenters. The van der Waals surface area contributed by atoms with Gasteiger partial charge < -0.3 is 10.3 Å². The van der Waals surface area contributed by atoms with Crippen molar-refractivity contribution in [3.8, 4) is 0 Å².